The van der Waals surface area contributed by atoms with Gasteiger partial charge in [0.1, 0.15) is 48.0 Å². The number of carboxylic acids is 2. The van der Waals surface area contributed by atoms with Crippen LogP contribution in [0.4, 0.5) is 0 Å². The van der Waals surface area contributed by atoms with E-state index in [1.54, 1.807) is 41.5 Å². The summed E-state index contributed by atoms with van der Waals surface area (Å²) in [6.45, 7) is 9.62. The molecule has 0 saturated heterocycles. The van der Waals surface area contributed by atoms with Crippen LogP contribution in [0, 0.1) is 17.8 Å². The summed E-state index contributed by atoms with van der Waals surface area (Å²) >= 11 is 0. The molecule has 23 heteroatoms. The van der Waals surface area contributed by atoms with Crippen molar-refractivity contribution in [1.29, 1.82) is 0 Å². The van der Waals surface area contributed by atoms with Crippen LogP contribution in [-0.4, -0.2) is 142 Å². The number of nitrogens with one attached hydrogen (secondary N) is 7. The Labute approximate surface area is 391 Å². The molecule has 0 aliphatic carbocycles. The molecule has 378 valence electrons. The highest BCUT2D eigenvalue weighted by Crippen LogP contribution is 2.15. The van der Waals surface area contributed by atoms with Crippen LogP contribution in [0.1, 0.15) is 98.5 Å². The zero-order chi connectivity index (χ0) is 51.0. The fourth-order valence-electron chi connectivity index (χ4n) is 6.55. The van der Waals surface area contributed by atoms with Gasteiger partial charge >= 0.3 is 11.9 Å². The maximum atomic E-state index is 14.1. The van der Waals surface area contributed by atoms with Crippen LogP contribution in [0.25, 0.3) is 0 Å². The Hall–Kier alpha value is -5.91. The van der Waals surface area contributed by atoms with E-state index in [9.17, 15) is 63.6 Å². The van der Waals surface area contributed by atoms with Gasteiger partial charge in [-0.05, 0) is 87.1 Å². The minimum atomic E-state index is -1.82. The summed E-state index contributed by atoms with van der Waals surface area (Å²) in [6.07, 6.45) is 1.00. The van der Waals surface area contributed by atoms with Crippen LogP contribution in [-0.2, 0) is 49.6 Å². The average Bonchev–Trinajstić information content (AvgIpc) is 3.27. The number of unbranched alkanes of at least 4 members (excludes halogenated alkanes) is 2. The number of nitrogens with two attached hydrogens (primary N) is 3. The van der Waals surface area contributed by atoms with Crippen molar-refractivity contribution >= 4 is 53.3 Å². The summed E-state index contributed by atoms with van der Waals surface area (Å²) in [6, 6.07) is -5.45. The van der Waals surface area contributed by atoms with Crippen molar-refractivity contribution in [2.24, 2.45) is 35.0 Å². The first-order valence-electron chi connectivity index (χ1n) is 22.6. The number of aliphatic hydroxyl groups is 1. The molecule has 67 heavy (non-hydrogen) atoms. The van der Waals surface area contributed by atoms with Crippen molar-refractivity contribution in [1.82, 2.24) is 37.2 Å². The van der Waals surface area contributed by atoms with Crippen molar-refractivity contribution in [2.45, 2.75) is 148 Å². The molecule has 17 N–H and O–H groups in total. The van der Waals surface area contributed by atoms with Gasteiger partial charge in [-0.2, -0.15) is 0 Å². The third-order valence-electron chi connectivity index (χ3n) is 11.0. The molecular weight excluding hydrogens is 877 g/mol. The first kappa shape index (κ1) is 59.1. The van der Waals surface area contributed by atoms with Crippen LogP contribution in [0.3, 0.4) is 0 Å². The highest BCUT2D eigenvalue weighted by Gasteiger charge is 2.37. The molecule has 9 atom stereocenters. The molecule has 0 radical (unpaired) electrons. The Morgan fingerprint density at radius 3 is 1.43 bits per heavy atom. The van der Waals surface area contributed by atoms with Crippen LogP contribution in [0.2, 0.25) is 0 Å². The second-order valence-corrected chi connectivity index (χ2v) is 17.2. The number of benzene rings is 1. The predicted octanol–water partition coefficient (Wildman–Crippen LogP) is -2.18. The number of aliphatic hydroxyl groups excluding tert-OH is 1. The number of phenolic OH excluding ortho intramolecular Hbond substituents is 1. The molecule has 0 aromatic heterocycles. The second-order valence-electron chi connectivity index (χ2n) is 17.2. The number of phenols is 1. The molecule has 0 bridgehead atoms. The highest BCUT2D eigenvalue weighted by atomic mass is 16.4. The van der Waals surface area contributed by atoms with Gasteiger partial charge in [-0.25, -0.2) is 4.79 Å². The van der Waals surface area contributed by atoms with Crippen molar-refractivity contribution in [3.8, 4) is 5.75 Å². The lowest BCUT2D eigenvalue weighted by Crippen LogP contribution is -2.62. The average molecular weight is 951 g/mol. The van der Waals surface area contributed by atoms with E-state index >= 15 is 0 Å². The molecule has 7 amide bonds. The molecule has 1 aromatic carbocycles. The molecule has 0 fully saturated rings. The van der Waals surface area contributed by atoms with E-state index in [1.807, 2.05) is 0 Å². The summed E-state index contributed by atoms with van der Waals surface area (Å²) < 4.78 is 0. The monoisotopic (exact) mass is 951 g/mol. The quantitative estimate of drug-likeness (QED) is 0.0342. The Balaban J connectivity index is 3.51. The van der Waals surface area contributed by atoms with Gasteiger partial charge in [0.2, 0.25) is 41.4 Å². The number of rotatable bonds is 32. The Morgan fingerprint density at radius 1 is 0.552 bits per heavy atom. The fourth-order valence-corrected chi connectivity index (χ4v) is 6.55. The molecule has 1 rings (SSSR count). The number of amides is 7. The number of carboxylic acid groups (broad SMARTS) is 2. The minimum Gasteiger partial charge on any atom is -0.508 e. The van der Waals surface area contributed by atoms with E-state index in [0.717, 1.165) is 0 Å². The van der Waals surface area contributed by atoms with E-state index in [2.05, 4.69) is 37.2 Å². The van der Waals surface area contributed by atoms with E-state index in [4.69, 9.17) is 17.2 Å². The molecule has 0 unspecified atom stereocenters. The van der Waals surface area contributed by atoms with Gasteiger partial charge in [0.25, 0.3) is 0 Å². The fraction of sp³-hybridized carbons (Fsp3) is 0.659. The van der Waals surface area contributed by atoms with Gasteiger partial charge in [-0.15, -0.1) is 0 Å². The minimum absolute atomic E-state index is 0.0337. The van der Waals surface area contributed by atoms with Crippen molar-refractivity contribution in [2.75, 3.05) is 19.7 Å². The second kappa shape index (κ2) is 30.4. The Morgan fingerprint density at radius 2 is 0.985 bits per heavy atom. The molecular formula is C44H74N10O13. The summed E-state index contributed by atoms with van der Waals surface area (Å²) in [5.74, 6) is -10.7. The number of carbonyl (C=O) groups excluding carboxylic acids is 7. The third kappa shape index (κ3) is 21.1. The number of aromatic hydroxyl groups is 1. The summed E-state index contributed by atoms with van der Waals surface area (Å²) in [7, 11) is 0. The SMILES string of the molecule is CC[C@H](C)[C@H](NC(=O)[C@H](CC(=O)O)NC(=O)[C@H](Cc1ccc(O)cc1)NC(=O)[C@H](CCCCN)NC(=O)[C@@H](N)C(C)C)C(=O)N[C@H](C(=O)N[C@@H](CCCCN)C(=O)N[C@@H](CO)C(=O)O)C(C)C. The lowest BCUT2D eigenvalue weighted by Gasteiger charge is -2.30. The first-order chi connectivity index (χ1) is 31.5. The highest BCUT2D eigenvalue weighted by molar-refractivity contribution is 5.98. The van der Waals surface area contributed by atoms with Gasteiger partial charge in [-0.3, -0.25) is 38.4 Å². The normalized spacial score (nSPS) is 15.3. The zero-order valence-electron chi connectivity index (χ0n) is 39.3. The van der Waals surface area contributed by atoms with Crippen LogP contribution in [0.5, 0.6) is 5.75 Å². The first-order valence-corrected chi connectivity index (χ1v) is 22.6. The van der Waals surface area contributed by atoms with Gasteiger partial charge in [0.05, 0.1) is 19.1 Å². The van der Waals surface area contributed by atoms with Gasteiger partial charge < -0.3 is 74.8 Å². The molecule has 23 nitrogen and oxygen atoms in total. The topological polar surface area (TPSA) is 397 Å². The smallest absolute Gasteiger partial charge is 0.328 e. The number of aliphatic carboxylic acids is 2. The van der Waals surface area contributed by atoms with Gasteiger partial charge in [0.15, 0.2) is 0 Å². The van der Waals surface area contributed by atoms with Crippen LogP contribution in [0.15, 0.2) is 24.3 Å². The summed E-state index contributed by atoms with van der Waals surface area (Å²) in [5.41, 5.74) is 17.7. The largest absolute Gasteiger partial charge is 0.508 e. The van der Waals surface area contributed by atoms with Crippen molar-refractivity contribution < 1.29 is 63.6 Å². The Bertz CT molecular complexity index is 1800. The van der Waals surface area contributed by atoms with Crippen LogP contribution >= 0.6 is 0 Å². The maximum absolute atomic E-state index is 14.1. The number of carbonyl (C=O) groups is 9. The molecule has 0 heterocycles. The van der Waals surface area contributed by atoms with Gasteiger partial charge in [-0.1, -0.05) is 60.1 Å². The molecule has 0 spiro atoms. The van der Waals surface area contributed by atoms with E-state index < -0.39 is 126 Å². The zero-order valence-corrected chi connectivity index (χ0v) is 39.3. The molecule has 0 aliphatic heterocycles. The lowest BCUT2D eigenvalue weighted by molar-refractivity contribution is -0.143. The van der Waals surface area contributed by atoms with E-state index in [1.165, 1.54) is 24.3 Å². The lowest BCUT2D eigenvalue weighted by atomic mass is 9.95. The Kier molecular flexibility index (Phi) is 26.8. The standard InChI is InChI=1S/C44H74N10O13/c1-7-25(6)36(43(65)53-35(24(4)5)42(64)49-29(13-9-11-19-46)38(60)52-32(22-55)44(66)67)54-40(62)31(21-33(57)58)51-39(61)30(20-26-14-16-27(56)17-15-26)50-37(59)28(12-8-10-18-45)48-41(63)34(47)23(2)3/h14-17,23-25,28-32,34-36,55-56H,7-13,18-22,45-47H2,1-6H3,(H,48,63)(H,49,64)(H,50,59)(H,51,61)(H,52,60)(H,53,65)(H,54,62)(H,57,58)(H,66,67)/t25-,28-,29-,30-,31-,32-,34-,35-,36-/m0/s1. The van der Waals surface area contributed by atoms with Crippen molar-refractivity contribution in [3.05, 3.63) is 29.8 Å². The van der Waals surface area contributed by atoms with Gasteiger partial charge in [0, 0.05) is 6.42 Å². The van der Waals surface area contributed by atoms with Crippen LogP contribution < -0.4 is 54.4 Å². The number of hydrogen-bond donors (Lipinski definition) is 14. The predicted molar refractivity (Wildman–Crippen MR) is 245 cm³/mol. The summed E-state index contributed by atoms with van der Waals surface area (Å²) in [5, 5.41) is 56.0. The molecule has 0 aliphatic rings. The summed E-state index contributed by atoms with van der Waals surface area (Å²) in [4.78, 5) is 119. The third-order valence-corrected chi connectivity index (χ3v) is 11.0. The van der Waals surface area contributed by atoms with Crippen molar-refractivity contribution in [3.63, 3.8) is 0 Å². The maximum Gasteiger partial charge on any atom is 0.328 e. The molecule has 0 saturated carbocycles. The molecule has 1 aromatic rings. The number of hydrogen-bond acceptors (Lipinski definition) is 14. The van der Waals surface area contributed by atoms with E-state index in [-0.39, 0.29) is 43.9 Å². The van der Waals surface area contributed by atoms with E-state index in [0.29, 0.717) is 37.8 Å².